The molecule has 64 heavy (non-hydrogen) atoms. The van der Waals surface area contributed by atoms with Crippen molar-refractivity contribution in [2.24, 2.45) is 0 Å². The fourth-order valence-corrected chi connectivity index (χ4v) is 12.5. The highest BCUT2D eigenvalue weighted by atomic mass is 15.2. The van der Waals surface area contributed by atoms with Crippen LogP contribution in [0.1, 0.15) is 22.3 Å². The van der Waals surface area contributed by atoms with Gasteiger partial charge in [0.05, 0.1) is 11.0 Å². The molecule has 0 spiro atoms. The zero-order chi connectivity index (χ0) is 42.3. The van der Waals surface area contributed by atoms with Crippen molar-refractivity contribution in [1.82, 2.24) is 9.13 Å². The zero-order valence-electron chi connectivity index (χ0n) is 36.1. The SMILES string of the molecule is Cc1ccc(N2c3ccc(C)cc3B3c4c2cccc4-n2c4cc5c(cc4c4cccc3c42)c2cccc3c2n5-c2cccc4c2B3c2cc(C)ccc2N4c2ccc(C)cc2)cc1. The molecule has 0 N–H and O–H groups in total. The molecule has 6 heterocycles. The molecule has 0 atom stereocenters. The zero-order valence-corrected chi connectivity index (χ0v) is 36.1. The molecule has 0 saturated carbocycles. The molecule has 0 bridgehead atoms. The average molecular weight is 815 g/mol. The van der Waals surface area contributed by atoms with Gasteiger partial charge in [0.2, 0.25) is 0 Å². The molecule has 15 rings (SSSR count). The summed E-state index contributed by atoms with van der Waals surface area (Å²) >= 11 is 0. The summed E-state index contributed by atoms with van der Waals surface area (Å²) in [7, 11) is 0. The third-order valence-corrected chi connectivity index (χ3v) is 15.1. The molecule has 0 unspecified atom stereocenters. The lowest BCUT2D eigenvalue weighted by molar-refractivity contribution is 1.16. The lowest BCUT2D eigenvalue weighted by Gasteiger charge is -2.40. The summed E-state index contributed by atoms with van der Waals surface area (Å²) in [6.07, 6.45) is 0. The molecule has 298 valence electrons. The average Bonchev–Trinajstić information content (AvgIpc) is 3.82. The second-order valence-electron chi connectivity index (χ2n) is 18.8. The predicted molar refractivity (Wildman–Crippen MR) is 273 cm³/mol. The van der Waals surface area contributed by atoms with E-state index in [1.54, 1.807) is 0 Å². The molecule has 0 aliphatic carbocycles. The molecule has 4 aliphatic rings. The highest BCUT2D eigenvalue weighted by Crippen LogP contribution is 2.46. The monoisotopic (exact) mass is 814 g/mol. The Balaban J connectivity index is 1.04. The van der Waals surface area contributed by atoms with E-state index in [-0.39, 0.29) is 13.4 Å². The topological polar surface area (TPSA) is 16.3 Å². The summed E-state index contributed by atoms with van der Waals surface area (Å²) in [4.78, 5) is 5.00. The van der Waals surface area contributed by atoms with Crippen LogP contribution in [0.15, 0.2) is 170 Å². The molecule has 6 heteroatoms. The molecule has 0 amide bonds. The molecule has 2 aromatic heterocycles. The van der Waals surface area contributed by atoms with Crippen LogP contribution in [-0.2, 0) is 0 Å². The van der Waals surface area contributed by atoms with Crippen molar-refractivity contribution in [3.8, 4) is 11.4 Å². The first-order valence-electron chi connectivity index (χ1n) is 22.7. The summed E-state index contributed by atoms with van der Waals surface area (Å²) < 4.78 is 5.22. The minimum Gasteiger partial charge on any atom is -0.311 e. The van der Waals surface area contributed by atoms with Crippen molar-refractivity contribution < 1.29 is 0 Å². The summed E-state index contributed by atoms with van der Waals surface area (Å²) in [5.41, 5.74) is 28.3. The number of aromatic nitrogens is 2. The van der Waals surface area contributed by atoms with Gasteiger partial charge in [-0.05, 0) is 133 Å². The summed E-state index contributed by atoms with van der Waals surface area (Å²) in [5, 5.41) is 5.21. The maximum Gasteiger partial charge on any atom is 0.252 e. The van der Waals surface area contributed by atoms with E-state index in [1.165, 1.54) is 144 Å². The fourth-order valence-electron chi connectivity index (χ4n) is 12.5. The van der Waals surface area contributed by atoms with Gasteiger partial charge in [-0.3, -0.25) is 0 Å². The van der Waals surface area contributed by atoms with Crippen LogP contribution in [0.4, 0.5) is 34.1 Å². The van der Waals surface area contributed by atoms with Gasteiger partial charge in [0, 0.05) is 78.1 Å². The third kappa shape index (κ3) is 4.26. The number of hydrogen-bond donors (Lipinski definition) is 0. The van der Waals surface area contributed by atoms with Crippen LogP contribution in [0.3, 0.4) is 0 Å². The van der Waals surface area contributed by atoms with Gasteiger partial charge in [-0.2, -0.15) is 0 Å². The largest absolute Gasteiger partial charge is 0.311 e. The fraction of sp³-hybridized carbons (Fsp3) is 0.0690. The maximum atomic E-state index is 2.61. The van der Waals surface area contributed by atoms with E-state index in [4.69, 9.17) is 0 Å². The molecular weight excluding hydrogens is 774 g/mol. The van der Waals surface area contributed by atoms with Crippen molar-refractivity contribution in [1.29, 1.82) is 0 Å². The Labute approximate surface area is 372 Å². The molecular formula is C58H40B2N4. The standard InChI is InChI=1S/C58H40B2N4/c1-33-17-23-37(24-18-33)61-47-27-21-35(3)29-45(47)59-43-11-5-9-39-41-31-42-40-10-6-12-44-58(40)64(54(42)32-53(41)63(57(39)43)51-15-7-13-49(61)55(51)59)52-16-8-14-50-56(52)60(44)46-30-36(4)22-28-48(46)62(50)38-25-19-34(2)20-26-38/h5-32H,1-4H3. The van der Waals surface area contributed by atoms with E-state index in [1.807, 2.05) is 0 Å². The molecule has 9 aromatic carbocycles. The second-order valence-corrected chi connectivity index (χ2v) is 18.8. The third-order valence-electron chi connectivity index (χ3n) is 15.1. The number of nitrogens with zero attached hydrogens (tertiary/aromatic N) is 4. The van der Waals surface area contributed by atoms with Gasteiger partial charge < -0.3 is 18.9 Å². The molecule has 0 fully saturated rings. The van der Waals surface area contributed by atoms with Crippen LogP contribution < -0.4 is 42.6 Å². The number of fused-ring (bicyclic) bond motifs is 14. The van der Waals surface area contributed by atoms with E-state index < -0.39 is 0 Å². The van der Waals surface area contributed by atoms with Gasteiger partial charge in [-0.1, -0.05) is 119 Å². The Kier molecular flexibility index (Phi) is 6.57. The van der Waals surface area contributed by atoms with Gasteiger partial charge in [0.25, 0.3) is 13.4 Å². The number of para-hydroxylation sites is 2. The quantitative estimate of drug-likeness (QED) is 0.162. The Hall–Kier alpha value is -7.69. The lowest BCUT2D eigenvalue weighted by atomic mass is 9.33. The summed E-state index contributed by atoms with van der Waals surface area (Å²) in [6, 6.07) is 65.2. The highest BCUT2D eigenvalue weighted by Gasteiger charge is 2.44. The smallest absolute Gasteiger partial charge is 0.252 e. The number of benzene rings is 9. The second kappa shape index (κ2) is 12.1. The Morgan fingerprint density at radius 3 is 1.17 bits per heavy atom. The molecule has 0 radical (unpaired) electrons. The van der Waals surface area contributed by atoms with Crippen LogP contribution in [0.5, 0.6) is 0 Å². The van der Waals surface area contributed by atoms with Crippen LogP contribution in [0.25, 0.3) is 55.0 Å². The van der Waals surface area contributed by atoms with Crippen LogP contribution in [0, 0.1) is 27.7 Å². The minimum atomic E-state index is 0.108. The first-order chi connectivity index (χ1) is 31.4. The number of rotatable bonds is 2. The highest BCUT2D eigenvalue weighted by molar-refractivity contribution is 7.01. The summed E-state index contributed by atoms with van der Waals surface area (Å²) in [6.45, 7) is 9.02. The van der Waals surface area contributed by atoms with Crippen molar-refractivity contribution in [2.45, 2.75) is 27.7 Å². The van der Waals surface area contributed by atoms with Crippen molar-refractivity contribution >= 4 is 124 Å². The molecule has 0 saturated heterocycles. The van der Waals surface area contributed by atoms with E-state index in [2.05, 4.69) is 216 Å². The van der Waals surface area contributed by atoms with Gasteiger partial charge >= 0.3 is 0 Å². The van der Waals surface area contributed by atoms with Crippen LogP contribution in [0.2, 0.25) is 0 Å². The lowest BCUT2D eigenvalue weighted by Crippen LogP contribution is -2.60. The molecule has 4 nitrogen and oxygen atoms in total. The Morgan fingerprint density at radius 2 is 0.719 bits per heavy atom. The van der Waals surface area contributed by atoms with E-state index in [0.717, 1.165) is 0 Å². The summed E-state index contributed by atoms with van der Waals surface area (Å²) in [5.74, 6) is 0. The van der Waals surface area contributed by atoms with E-state index in [9.17, 15) is 0 Å². The maximum absolute atomic E-state index is 2.61. The Morgan fingerprint density at radius 1 is 0.312 bits per heavy atom. The van der Waals surface area contributed by atoms with Crippen molar-refractivity contribution in [2.75, 3.05) is 9.80 Å². The Bertz CT molecular complexity index is 3660. The van der Waals surface area contributed by atoms with Crippen LogP contribution in [-0.4, -0.2) is 22.6 Å². The molecule has 4 aliphatic heterocycles. The van der Waals surface area contributed by atoms with Crippen molar-refractivity contribution in [3.63, 3.8) is 0 Å². The van der Waals surface area contributed by atoms with Gasteiger partial charge in [-0.25, -0.2) is 0 Å². The van der Waals surface area contributed by atoms with E-state index in [0.29, 0.717) is 0 Å². The normalized spacial score (nSPS) is 13.8. The van der Waals surface area contributed by atoms with E-state index >= 15 is 0 Å². The number of hydrogen-bond acceptors (Lipinski definition) is 2. The van der Waals surface area contributed by atoms with Gasteiger partial charge in [0.1, 0.15) is 0 Å². The van der Waals surface area contributed by atoms with Gasteiger partial charge in [-0.15, -0.1) is 0 Å². The van der Waals surface area contributed by atoms with Crippen molar-refractivity contribution in [3.05, 3.63) is 192 Å². The minimum absolute atomic E-state index is 0.108. The molecule has 11 aromatic rings. The first-order valence-corrected chi connectivity index (χ1v) is 22.7. The van der Waals surface area contributed by atoms with Crippen LogP contribution >= 0.6 is 0 Å². The number of anilines is 6. The predicted octanol–water partition coefficient (Wildman–Crippen LogP) is 10.3. The number of aryl methyl sites for hydroxylation is 4. The first kappa shape index (κ1) is 34.8. The van der Waals surface area contributed by atoms with Gasteiger partial charge in [0.15, 0.2) is 0 Å².